The molecule has 0 aliphatic heterocycles. The van der Waals surface area contributed by atoms with E-state index in [1.54, 1.807) is 37.3 Å². The first kappa shape index (κ1) is 20.9. The zero-order chi connectivity index (χ0) is 21.3. The Morgan fingerprint density at radius 1 is 1.10 bits per heavy atom. The van der Waals surface area contributed by atoms with E-state index in [-0.39, 0.29) is 18.4 Å². The molecular formula is C23H23N3O4. The lowest BCUT2D eigenvalue weighted by Crippen LogP contribution is -2.25. The van der Waals surface area contributed by atoms with Gasteiger partial charge in [0.05, 0.1) is 24.9 Å². The highest BCUT2D eigenvalue weighted by Gasteiger charge is 2.10. The van der Waals surface area contributed by atoms with Crippen molar-refractivity contribution in [3.63, 3.8) is 0 Å². The number of ether oxygens (including phenoxy) is 1. The van der Waals surface area contributed by atoms with Gasteiger partial charge in [-0.1, -0.05) is 29.8 Å². The summed E-state index contributed by atoms with van der Waals surface area (Å²) in [6, 6.07) is 18.2. The van der Waals surface area contributed by atoms with Gasteiger partial charge in [-0.3, -0.25) is 4.79 Å². The lowest BCUT2D eigenvalue weighted by molar-refractivity contribution is -0.119. The monoisotopic (exact) mass is 405 g/mol. The van der Waals surface area contributed by atoms with Gasteiger partial charge in [0.1, 0.15) is 11.5 Å². The molecule has 2 aromatic carbocycles. The van der Waals surface area contributed by atoms with Gasteiger partial charge in [-0.05, 0) is 50.2 Å². The Morgan fingerprint density at radius 2 is 1.90 bits per heavy atom. The Bertz CT molecular complexity index is 1040. The van der Waals surface area contributed by atoms with Crippen LogP contribution in [0.4, 0.5) is 5.69 Å². The molecule has 0 aliphatic carbocycles. The van der Waals surface area contributed by atoms with Crippen molar-refractivity contribution in [1.82, 2.24) is 5.43 Å². The Balaban J connectivity index is 1.54. The van der Waals surface area contributed by atoms with Gasteiger partial charge in [0.25, 0.3) is 5.91 Å². The third-order valence-corrected chi connectivity index (χ3v) is 4.17. The maximum atomic E-state index is 11.9. The minimum atomic E-state index is -0.380. The van der Waals surface area contributed by atoms with Crippen LogP contribution in [0.2, 0.25) is 0 Å². The molecule has 0 fully saturated rings. The van der Waals surface area contributed by atoms with Crippen LogP contribution in [0, 0.1) is 6.92 Å². The number of carbonyl (C=O) groups excluding carboxylic acids is 2. The third kappa shape index (κ3) is 5.81. The van der Waals surface area contributed by atoms with E-state index >= 15 is 0 Å². The fourth-order valence-corrected chi connectivity index (χ4v) is 2.65. The first-order valence-electron chi connectivity index (χ1n) is 9.55. The quantitative estimate of drug-likeness (QED) is 0.336. The molecule has 0 aliphatic rings. The summed E-state index contributed by atoms with van der Waals surface area (Å²) in [5.74, 6) is 0.392. The molecule has 0 atom stereocenters. The van der Waals surface area contributed by atoms with Crippen molar-refractivity contribution in [3.8, 4) is 11.3 Å². The van der Waals surface area contributed by atoms with E-state index in [2.05, 4.69) is 15.8 Å². The summed E-state index contributed by atoms with van der Waals surface area (Å²) in [6.45, 7) is 4.18. The average molecular weight is 405 g/mol. The van der Waals surface area contributed by atoms with Gasteiger partial charge < -0.3 is 14.5 Å². The number of anilines is 1. The van der Waals surface area contributed by atoms with Crippen molar-refractivity contribution in [1.29, 1.82) is 0 Å². The Kier molecular flexibility index (Phi) is 7.00. The van der Waals surface area contributed by atoms with Crippen molar-refractivity contribution < 1.29 is 18.7 Å². The number of amides is 1. The standard InChI is InChI=1S/C23H23N3O4/c1-3-29-23(28)18-6-4-5-17(13-18)21-12-11-20(30-21)14-25-26-22(27)15-24-19-9-7-16(2)8-10-19/h4-14,24H,3,15H2,1-2H3,(H,26,27)/b25-14-. The van der Waals surface area contributed by atoms with Gasteiger partial charge in [0, 0.05) is 11.3 Å². The van der Waals surface area contributed by atoms with E-state index in [9.17, 15) is 9.59 Å². The number of furan rings is 1. The summed E-state index contributed by atoms with van der Waals surface area (Å²) in [6.07, 6.45) is 1.42. The highest BCUT2D eigenvalue weighted by Crippen LogP contribution is 2.23. The van der Waals surface area contributed by atoms with Gasteiger partial charge in [-0.25, -0.2) is 10.2 Å². The zero-order valence-corrected chi connectivity index (χ0v) is 16.8. The molecule has 3 aromatic rings. The molecule has 7 nitrogen and oxygen atoms in total. The van der Waals surface area contributed by atoms with Crippen molar-refractivity contribution in [3.05, 3.63) is 77.6 Å². The SMILES string of the molecule is CCOC(=O)c1cccc(-c2ccc(/C=N\NC(=O)CNc3ccc(C)cc3)o2)c1. The van der Waals surface area contributed by atoms with Crippen LogP contribution < -0.4 is 10.7 Å². The van der Waals surface area contributed by atoms with Gasteiger partial charge in [-0.15, -0.1) is 0 Å². The average Bonchev–Trinajstić information content (AvgIpc) is 3.23. The van der Waals surface area contributed by atoms with Crippen LogP contribution in [-0.2, 0) is 9.53 Å². The van der Waals surface area contributed by atoms with Crippen LogP contribution in [0.1, 0.15) is 28.6 Å². The summed E-state index contributed by atoms with van der Waals surface area (Å²) in [7, 11) is 0. The van der Waals surface area contributed by atoms with E-state index < -0.39 is 0 Å². The summed E-state index contributed by atoms with van der Waals surface area (Å²) in [4.78, 5) is 23.8. The number of hydrazone groups is 1. The smallest absolute Gasteiger partial charge is 0.338 e. The van der Waals surface area contributed by atoms with Gasteiger partial charge >= 0.3 is 5.97 Å². The van der Waals surface area contributed by atoms with Crippen LogP contribution in [-0.4, -0.2) is 31.2 Å². The predicted molar refractivity (Wildman–Crippen MR) is 116 cm³/mol. The number of hydrogen-bond acceptors (Lipinski definition) is 6. The molecule has 2 N–H and O–H groups in total. The molecular weight excluding hydrogens is 382 g/mol. The molecule has 154 valence electrons. The topological polar surface area (TPSA) is 92.9 Å². The van der Waals surface area contributed by atoms with Crippen molar-refractivity contribution in [2.24, 2.45) is 5.10 Å². The van der Waals surface area contributed by atoms with E-state index in [1.807, 2.05) is 37.3 Å². The molecule has 0 bridgehead atoms. The van der Waals surface area contributed by atoms with Crippen LogP contribution in [0.25, 0.3) is 11.3 Å². The molecule has 0 radical (unpaired) electrons. The number of nitrogens with one attached hydrogen (secondary N) is 2. The molecule has 0 unspecified atom stereocenters. The molecule has 1 amide bonds. The van der Waals surface area contributed by atoms with Crippen molar-refractivity contribution in [2.75, 3.05) is 18.5 Å². The molecule has 1 heterocycles. The third-order valence-electron chi connectivity index (χ3n) is 4.17. The fraction of sp³-hybridized carbons (Fsp3) is 0.174. The normalized spacial score (nSPS) is 10.7. The molecule has 0 spiro atoms. The largest absolute Gasteiger partial charge is 0.462 e. The fourth-order valence-electron chi connectivity index (χ4n) is 2.65. The van der Waals surface area contributed by atoms with Crippen LogP contribution in [0.3, 0.4) is 0 Å². The molecule has 0 saturated carbocycles. The molecule has 0 saturated heterocycles. The summed E-state index contributed by atoms with van der Waals surface area (Å²) >= 11 is 0. The lowest BCUT2D eigenvalue weighted by Gasteiger charge is -2.05. The first-order chi connectivity index (χ1) is 14.5. The molecule has 3 rings (SSSR count). The second-order valence-corrected chi connectivity index (χ2v) is 6.52. The minimum Gasteiger partial charge on any atom is -0.462 e. The van der Waals surface area contributed by atoms with Gasteiger partial charge in [0.15, 0.2) is 0 Å². The second kappa shape index (κ2) is 10.1. The lowest BCUT2D eigenvalue weighted by atomic mass is 10.1. The van der Waals surface area contributed by atoms with E-state index in [0.29, 0.717) is 23.7 Å². The highest BCUT2D eigenvalue weighted by molar-refractivity contribution is 5.91. The predicted octanol–water partition coefficient (Wildman–Crippen LogP) is 3.99. The molecule has 1 aromatic heterocycles. The van der Waals surface area contributed by atoms with E-state index in [4.69, 9.17) is 9.15 Å². The maximum absolute atomic E-state index is 11.9. The number of hydrogen-bond donors (Lipinski definition) is 2. The summed E-state index contributed by atoms with van der Waals surface area (Å²) in [5, 5.41) is 6.93. The molecule has 7 heteroatoms. The maximum Gasteiger partial charge on any atom is 0.338 e. The Hall–Kier alpha value is -3.87. The van der Waals surface area contributed by atoms with E-state index in [1.165, 1.54) is 6.21 Å². The van der Waals surface area contributed by atoms with E-state index in [0.717, 1.165) is 16.8 Å². The first-order valence-corrected chi connectivity index (χ1v) is 9.55. The highest BCUT2D eigenvalue weighted by atomic mass is 16.5. The van der Waals surface area contributed by atoms with Crippen LogP contribution in [0.15, 0.2) is 70.2 Å². The van der Waals surface area contributed by atoms with Crippen LogP contribution >= 0.6 is 0 Å². The summed E-state index contributed by atoms with van der Waals surface area (Å²) < 4.78 is 10.7. The van der Waals surface area contributed by atoms with Gasteiger partial charge in [0.2, 0.25) is 0 Å². The van der Waals surface area contributed by atoms with Gasteiger partial charge in [-0.2, -0.15) is 5.10 Å². The number of rotatable bonds is 8. The molecule has 30 heavy (non-hydrogen) atoms. The second-order valence-electron chi connectivity index (χ2n) is 6.52. The number of aryl methyl sites for hydroxylation is 1. The van der Waals surface area contributed by atoms with Crippen LogP contribution in [0.5, 0.6) is 0 Å². The number of esters is 1. The number of carbonyl (C=O) groups is 2. The zero-order valence-electron chi connectivity index (χ0n) is 16.8. The minimum absolute atomic E-state index is 0.102. The Morgan fingerprint density at radius 3 is 2.67 bits per heavy atom. The van der Waals surface area contributed by atoms with Crippen molar-refractivity contribution in [2.45, 2.75) is 13.8 Å². The van der Waals surface area contributed by atoms with Crippen molar-refractivity contribution >= 4 is 23.8 Å². The Labute approximate surface area is 174 Å². The number of benzene rings is 2. The number of nitrogens with zero attached hydrogens (tertiary/aromatic N) is 1. The summed E-state index contributed by atoms with van der Waals surface area (Å²) in [5.41, 5.74) is 5.66.